The molecule has 62 valence electrons. The molecule has 0 spiro atoms. The molecule has 0 amide bonds. The smallest absolute Gasteiger partial charge is 0.115 e. The Kier molecular flexibility index (Phi) is 2.58. The summed E-state index contributed by atoms with van der Waals surface area (Å²) in [6.07, 6.45) is 7.07. The van der Waals surface area contributed by atoms with Gasteiger partial charge in [-0.2, -0.15) is 5.10 Å². The Labute approximate surface area is 71.7 Å². The first-order valence-corrected chi connectivity index (χ1v) is 3.65. The van der Waals surface area contributed by atoms with E-state index >= 15 is 0 Å². The van der Waals surface area contributed by atoms with Crippen molar-refractivity contribution in [3.63, 3.8) is 0 Å². The standard InChI is InChI=1S/C9H11N3/c1-3-11-12-9-7(2)5-4-6-8(9)10/h3-6H,2,10H2,1H3/b11-3-,12-9+. The Morgan fingerprint density at radius 3 is 2.92 bits per heavy atom. The van der Waals surface area contributed by atoms with Crippen molar-refractivity contribution in [1.29, 1.82) is 0 Å². The van der Waals surface area contributed by atoms with Gasteiger partial charge in [0.1, 0.15) is 5.71 Å². The van der Waals surface area contributed by atoms with Gasteiger partial charge in [0, 0.05) is 6.21 Å². The third-order valence-corrected chi connectivity index (χ3v) is 1.42. The molecule has 0 bridgehead atoms. The molecular formula is C9H11N3. The largest absolute Gasteiger partial charge is 0.397 e. The second-order valence-electron chi connectivity index (χ2n) is 2.33. The predicted octanol–water partition coefficient (Wildman–Crippen LogP) is 1.40. The minimum absolute atomic E-state index is 0.605. The van der Waals surface area contributed by atoms with Crippen molar-refractivity contribution in [3.8, 4) is 0 Å². The summed E-state index contributed by atoms with van der Waals surface area (Å²) in [4.78, 5) is 0. The molecule has 0 aliphatic heterocycles. The fourth-order valence-corrected chi connectivity index (χ4v) is 0.849. The number of hydrogen-bond donors (Lipinski definition) is 1. The summed E-state index contributed by atoms with van der Waals surface area (Å²) in [5.41, 5.74) is 7.70. The third kappa shape index (κ3) is 1.69. The summed E-state index contributed by atoms with van der Waals surface area (Å²) < 4.78 is 0. The molecule has 12 heavy (non-hydrogen) atoms. The zero-order chi connectivity index (χ0) is 8.97. The van der Waals surface area contributed by atoms with E-state index in [2.05, 4.69) is 16.8 Å². The topological polar surface area (TPSA) is 50.7 Å². The second kappa shape index (κ2) is 3.67. The van der Waals surface area contributed by atoms with Gasteiger partial charge in [-0.15, -0.1) is 5.10 Å². The highest BCUT2D eigenvalue weighted by Crippen LogP contribution is 2.09. The van der Waals surface area contributed by atoms with Crippen molar-refractivity contribution in [3.05, 3.63) is 36.1 Å². The lowest BCUT2D eigenvalue weighted by Gasteiger charge is -2.07. The molecule has 0 aromatic rings. The zero-order valence-corrected chi connectivity index (χ0v) is 6.99. The minimum atomic E-state index is 0.605. The minimum Gasteiger partial charge on any atom is -0.397 e. The van der Waals surface area contributed by atoms with E-state index < -0.39 is 0 Å². The zero-order valence-electron chi connectivity index (χ0n) is 6.99. The van der Waals surface area contributed by atoms with Crippen LogP contribution in [0.1, 0.15) is 6.92 Å². The molecule has 1 aliphatic carbocycles. The lowest BCUT2D eigenvalue weighted by atomic mass is 10.1. The maximum Gasteiger partial charge on any atom is 0.115 e. The van der Waals surface area contributed by atoms with E-state index in [1.807, 2.05) is 12.2 Å². The molecule has 0 saturated heterocycles. The lowest BCUT2D eigenvalue weighted by Crippen LogP contribution is -2.14. The van der Waals surface area contributed by atoms with Gasteiger partial charge in [0.15, 0.2) is 0 Å². The average Bonchev–Trinajstić information content (AvgIpc) is 2.04. The SMILES string of the molecule is C=C1C=CC=C(N)/C1=N/N=C\C. The predicted molar refractivity (Wildman–Crippen MR) is 52.2 cm³/mol. The van der Waals surface area contributed by atoms with Crippen LogP contribution in [-0.4, -0.2) is 11.9 Å². The highest BCUT2D eigenvalue weighted by molar-refractivity contribution is 6.14. The van der Waals surface area contributed by atoms with Crippen molar-refractivity contribution < 1.29 is 0 Å². The van der Waals surface area contributed by atoms with Crippen molar-refractivity contribution >= 4 is 11.9 Å². The summed E-state index contributed by atoms with van der Waals surface area (Å²) >= 11 is 0. The van der Waals surface area contributed by atoms with Crippen LogP contribution in [0.2, 0.25) is 0 Å². The Bertz CT molecular complexity index is 306. The van der Waals surface area contributed by atoms with Crippen LogP contribution < -0.4 is 5.73 Å². The summed E-state index contributed by atoms with van der Waals surface area (Å²) in [6, 6.07) is 0. The van der Waals surface area contributed by atoms with Gasteiger partial charge in [0.05, 0.1) is 5.70 Å². The first kappa shape index (κ1) is 8.46. The fourth-order valence-electron chi connectivity index (χ4n) is 0.849. The van der Waals surface area contributed by atoms with Gasteiger partial charge < -0.3 is 5.73 Å². The van der Waals surface area contributed by atoms with Crippen LogP contribution in [-0.2, 0) is 0 Å². The molecule has 0 saturated carbocycles. The number of allylic oxidation sites excluding steroid dienone is 4. The van der Waals surface area contributed by atoms with E-state index in [0.29, 0.717) is 11.4 Å². The van der Waals surface area contributed by atoms with Crippen LogP contribution in [0.4, 0.5) is 0 Å². The van der Waals surface area contributed by atoms with Gasteiger partial charge in [-0.05, 0) is 18.6 Å². The molecule has 1 rings (SSSR count). The first-order chi connectivity index (χ1) is 5.75. The quantitative estimate of drug-likeness (QED) is 0.458. The van der Waals surface area contributed by atoms with Gasteiger partial charge in [-0.1, -0.05) is 18.7 Å². The lowest BCUT2D eigenvalue weighted by molar-refractivity contribution is 1.23. The molecule has 3 heteroatoms. The normalized spacial score (nSPS) is 20.6. The molecule has 0 heterocycles. The molecule has 0 radical (unpaired) electrons. The second-order valence-corrected chi connectivity index (χ2v) is 2.33. The molecule has 3 nitrogen and oxygen atoms in total. The summed E-state index contributed by atoms with van der Waals surface area (Å²) in [5, 5.41) is 7.65. The van der Waals surface area contributed by atoms with Gasteiger partial charge in [0.25, 0.3) is 0 Å². The molecule has 0 aromatic heterocycles. The number of rotatable bonds is 1. The van der Waals surface area contributed by atoms with Crippen LogP contribution >= 0.6 is 0 Å². The van der Waals surface area contributed by atoms with Crippen LogP contribution in [0.5, 0.6) is 0 Å². The maximum atomic E-state index is 5.65. The van der Waals surface area contributed by atoms with Crippen LogP contribution in [0, 0.1) is 0 Å². The summed E-state index contributed by atoms with van der Waals surface area (Å²) in [6.45, 7) is 5.58. The van der Waals surface area contributed by atoms with Crippen molar-refractivity contribution in [2.45, 2.75) is 6.92 Å². The number of nitrogens with zero attached hydrogens (tertiary/aromatic N) is 2. The van der Waals surface area contributed by atoms with E-state index in [1.165, 1.54) is 0 Å². The molecule has 0 atom stereocenters. The fraction of sp³-hybridized carbons (Fsp3) is 0.111. The van der Waals surface area contributed by atoms with Gasteiger partial charge in [-0.25, -0.2) is 0 Å². The van der Waals surface area contributed by atoms with Crippen LogP contribution in [0.25, 0.3) is 0 Å². The number of hydrogen-bond acceptors (Lipinski definition) is 3. The molecular weight excluding hydrogens is 150 g/mol. The van der Waals surface area contributed by atoms with Gasteiger partial charge >= 0.3 is 0 Å². The Morgan fingerprint density at radius 2 is 2.33 bits per heavy atom. The molecule has 0 fully saturated rings. The Morgan fingerprint density at radius 1 is 1.58 bits per heavy atom. The molecule has 2 N–H and O–H groups in total. The molecule has 1 aliphatic rings. The highest BCUT2D eigenvalue weighted by atomic mass is 15.2. The van der Waals surface area contributed by atoms with E-state index in [-0.39, 0.29) is 0 Å². The van der Waals surface area contributed by atoms with Crippen LogP contribution in [0.3, 0.4) is 0 Å². The molecule has 0 unspecified atom stereocenters. The van der Waals surface area contributed by atoms with E-state index in [4.69, 9.17) is 5.73 Å². The first-order valence-electron chi connectivity index (χ1n) is 3.65. The summed E-state index contributed by atoms with van der Waals surface area (Å²) in [5.74, 6) is 0. The van der Waals surface area contributed by atoms with E-state index in [0.717, 1.165) is 5.57 Å². The Hall–Kier alpha value is -1.64. The Balaban J connectivity index is 2.97. The molecule has 0 aromatic carbocycles. The monoisotopic (exact) mass is 161 g/mol. The average molecular weight is 161 g/mol. The third-order valence-electron chi connectivity index (χ3n) is 1.42. The van der Waals surface area contributed by atoms with Crippen molar-refractivity contribution in [2.75, 3.05) is 0 Å². The van der Waals surface area contributed by atoms with Gasteiger partial charge in [0.2, 0.25) is 0 Å². The van der Waals surface area contributed by atoms with Gasteiger partial charge in [-0.3, -0.25) is 0 Å². The van der Waals surface area contributed by atoms with E-state index in [1.54, 1.807) is 19.2 Å². The highest BCUT2D eigenvalue weighted by Gasteiger charge is 2.07. The maximum absolute atomic E-state index is 5.65. The van der Waals surface area contributed by atoms with Crippen molar-refractivity contribution in [1.82, 2.24) is 0 Å². The van der Waals surface area contributed by atoms with Crippen molar-refractivity contribution in [2.24, 2.45) is 15.9 Å². The summed E-state index contributed by atoms with van der Waals surface area (Å²) in [7, 11) is 0. The van der Waals surface area contributed by atoms with Crippen LogP contribution in [0.15, 0.2) is 46.3 Å². The van der Waals surface area contributed by atoms with E-state index in [9.17, 15) is 0 Å². The number of nitrogens with two attached hydrogens (primary N) is 1.